The number of carbonyl (C=O) groups is 1. The number of nitrogens with one attached hydrogen (secondary N) is 1. The summed E-state index contributed by atoms with van der Waals surface area (Å²) in [5.74, 6) is 2.79. The number of urea groups is 1. The van der Waals surface area contributed by atoms with Crippen molar-refractivity contribution in [3.63, 3.8) is 0 Å². The number of rotatable bonds is 5. The first-order chi connectivity index (χ1) is 15.4. The Morgan fingerprint density at radius 2 is 2.00 bits per heavy atom. The topological polar surface area (TPSA) is 103 Å². The van der Waals surface area contributed by atoms with Crippen molar-refractivity contribution in [1.82, 2.24) is 9.88 Å². The van der Waals surface area contributed by atoms with Crippen LogP contribution in [0.4, 0.5) is 23.7 Å². The summed E-state index contributed by atoms with van der Waals surface area (Å²) in [6.45, 7) is 0.137. The molecule has 7 nitrogen and oxygen atoms in total. The molecule has 3 N–H and O–H groups in total. The average molecular weight is 504 g/mol. The lowest BCUT2D eigenvalue weighted by Crippen LogP contribution is -2.38. The van der Waals surface area contributed by atoms with Gasteiger partial charge < -0.3 is 20.4 Å². The highest BCUT2D eigenvalue weighted by Crippen LogP contribution is 2.31. The average Bonchev–Trinajstić information content (AvgIpc) is 2.78. The number of benzene rings is 1. The van der Waals surface area contributed by atoms with Crippen molar-refractivity contribution >= 4 is 44.3 Å². The number of carbonyl (C=O) groups excluding carboxylic acids is 1. The summed E-state index contributed by atoms with van der Waals surface area (Å²) in [6, 6.07) is 5.60. The summed E-state index contributed by atoms with van der Waals surface area (Å²) in [5, 5.41) is 21.6. The Morgan fingerprint density at radius 3 is 2.52 bits per heavy atom. The summed E-state index contributed by atoms with van der Waals surface area (Å²) in [4.78, 5) is 17.8. The zero-order chi connectivity index (χ0) is 24.4. The van der Waals surface area contributed by atoms with Gasteiger partial charge in [0.25, 0.3) is 0 Å². The summed E-state index contributed by atoms with van der Waals surface area (Å²) in [5.41, 5.74) is -3.00. The number of aliphatic hydroxyl groups excluding tert-OH is 2. The van der Waals surface area contributed by atoms with Gasteiger partial charge in [-0.1, -0.05) is 17.7 Å². The third-order valence-electron chi connectivity index (χ3n) is 5.08. The number of hydrogen-bond donors (Lipinski definition) is 3. The van der Waals surface area contributed by atoms with Crippen LogP contribution in [0.5, 0.6) is 0 Å². The SMILES string of the molecule is C=S(=O)(c1ccc(NC(=O)N2CC=C(c3ncc([C@@H](O)CO)cc3Cl)CC2)cc1)C(F)(F)F. The second-order valence-corrected chi connectivity index (χ2v) is 9.99. The zero-order valence-corrected chi connectivity index (χ0v) is 18.8. The van der Waals surface area contributed by atoms with Gasteiger partial charge in [0, 0.05) is 35.4 Å². The molecular formula is C21H21ClF3N3O4S. The van der Waals surface area contributed by atoms with Crippen LogP contribution in [0.2, 0.25) is 5.02 Å². The van der Waals surface area contributed by atoms with Crippen LogP contribution in [0.3, 0.4) is 0 Å². The molecular weight excluding hydrogens is 483 g/mol. The Kier molecular flexibility index (Phi) is 7.37. The van der Waals surface area contributed by atoms with E-state index >= 15 is 0 Å². The molecule has 0 aliphatic carbocycles. The molecule has 12 heteroatoms. The maximum absolute atomic E-state index is 12.9. The maximum Gasteiger partial charge on any atom is 0.467 e. The van der Waals surface area contributed by atoms with Crippen LogP contribution in [0.15, 0.2) is 47.5 Å². The van der Waals surface area contributed by atoms with E-state index in [1.54, 1.807) is 6.08 Å². The highest BCUT2D eigenvalue weighted by Gasteiger charge is 2.40. The monoisotopic (exact) mass is 503 g/mol. The lowest BCUT2D eigenvalue weighted by atomic mass is 10.0. The molecule has 178 valence electrons. The highest BCUT2D eigenvalue weighted by molar-refractivity contribution is 8.01. The van der Waals surface area contributed by atoms with Crippen LogP contribution in [0, 0.1) is 0 Å². The van der Waals surface area contributed by atoms with E-state index in [1.165, 1.54) is 29.3 Å². The minimum absolute atomic E-state index is 0.249. The molecule has 1 aliphatic rings. The minimum Gasteiger partial charge on any atom is -0.393 e. The van der Waals surface area contributed by atoms with Gasteiger partial charge in [-0.25, -0.2) is 4.79 Å². The summed E-state index contributed by atoms with van der Waals surface area (Å²) in [6.07, 6.45) is 2.58. The van der Waals surface area contributed by atoms with E-state index < -0.39 is 38.7 Å². The van der Waals surface area contributed by atoms with Crippen LogP contribution in [-0.4, -0.2) is 61.4 Å². The molecule has 2 amide bonds. The van der Waals surface area contributed by atoms with Crippen LogP contribution >= 0.6 is 11.6 Å². The van der Waals surface area contributed by atoms with Crippen LogP contribution < -0.4 is 5.32 Å². The highest BCUT2D eigenvalue weighted by atomic mass is 35.5. The Labute approximate surface area is 193 Å². The molecule has 2 heterocycles. The Balaban J connectivity index is 1.65. The number of anilines is 1. The second-order valence-electron chi connectivity index (χ2n) is 7.30. The first-order valence-corrected chi connectivity index (χ1v) is 11.8. The fraction of sp³-hybridized carbons (Fsp3) is 0.286. The second kappa shape index (κ2) is 9.72. The summed E-state index contributed by atoms with van der Waals surface area (Å²) < 4.78 is 50.5. The molecule has 1 aliphatic heterocycles. The van der Waals surface area contributed by atoms with Gasteiger partial charge in [0.05, 0.1) is 26.8 Å². The van der Waals surface area contributed by atoms with E-state index in [2.05, 4.69) is 16.2 Å². The van der Waals surface area contributed by atoms with Crippen LogP contribution in [0.1, 0.15) is 23.8 Å². The molecule has 2 atom stereocenters. The van der Waals surface area contributed by atoms with Crippen molar-refractivity contribution in [2.75, 3.05) is 25.0 Å². The molecule has 1 aromatic heterocycles. The van der Waals surface area contributed by atoms with Crippen molar-refractivity contribution < 1.29 is 32.4 Å². The number of amides is 2. The molecule has 3 rings (SSSR count). The van der Waals surface area contributed by atoms with E-state index in [0.717, 1.165) is 17.7 Å². The van der Waals surface area contributed by atoms with Gasteiger partial charge in [-0.15, -0.1) is 0 Å². The molecule has 2 aromatic rings. The van der Waals surface area contributed by atoms with Gasteiger partial charge in [-0.2, -0.15) is 13.2 Å². The van der Waals surface area contributed by atoms with Gasteiger partial charge >= 0.3 is 11.5 Å². The third kappa shape index (κ3) is 5.49. The lowest BCUT2D eigenvalue weighted by Gasteiger charge is -2.27. The number of hydrogen-bond acceptors (Lipinski definition) is 5. The van der Waals surface area contributed by atoms with E-state index in [9.17, 15) is 27.3 Å². The van der Waals surface area contributed by atoms with Gasteiger partial charge in [0.2, 0.25) is 0 Å². The largest absolute Gasteiger partial charge is 0.467 e. The molecule has 0 saturated carbocycles. The van der Waals surface area contributed by atoms with Crippen molar-refractivity contribution in [3.05, 3.63) is 58.9 Å². The van der Waals surface area contributed by atoms with Gasteiger partial charge in [-0.05, 0) is 48.2 Å². The fourth-order valence-electron chi connectivity index (χ4n) is 3.14. The number of aromatic nitrogens is 1. The van der Waals surface area contributed by atoms with Crippen molar-refractivity contribution in [3.8, 4) is 0 Å². The predicted molar refractivity (Wildman–Crippen MR) is 121 cm³/mol. The molecule has 0 fully saturated rings. The van der Waals surface area contributed by atoms with Gasteiger partial charge in [-0.3, -0.25) is 9.19 Å². The van der Waals surface area contributed by atoms with Crippen molar-refractivity contribution in [1.29, 1.82) is 0 Å². The van der Waals surface area contributed by atoms with Gasteiger partial charge in [0.1, 0.15) is 6.10 Å². The Morgan fingerprint density at radius 1 is 1.33 bits per heavy atom. The van der Waals surface area contributed by atoms with Crippen molar-refractivity contribution in [2.24, 2.45) is 0 Å². The minimum atomic E-state index is -4.97. The van der Waals surface area contributed by atoms with E-state index in [4.69, 9.17) is 16.7 Å². The quantitative estimate of drug-likeness (QED) is 0.540. The van der Waals surface area contributed by atoms with Crippen molar-refractivity contribution in [2.45, 2.75) is 22.9 Å². The van der Waals surface area contributed by atoms with Gasteiger partial charge in [0.15, 0.2) is 0 Å². The molecule has 1 aromatic carbocycles. The number of halogens is 4. The predicted octanol–water partition coefficient (Wildman–Crippen LogP) is 3.68. The van der Waals surface area contributed by atoms with Crippen LogP contribution in [0.25, 0.3) is 5.57 Å². The first-order valence-electron chi connectivity index (χ1n) is 9.67. The lowest BCUT2D eigenvalue weighted by molar-refractivity contribution is -0.0392. The number of alkyl halides is 3. The van der Waals surface area contributed by atoms with E-state index in [0.29, 0.717) is 29.2 Å². The van der Waals surface area contributed by atoms with E-state index in [-0.39, 0.29) is 12.2 Å². The maximum atomic E-state index is 12.9. The molecule has 0 bridgehead atoms. The molecule has 0 spiro atoms. The summed E-state index contributed by atoms with van der Waals surface area (Å²) in [7, 11) is -4.46. The van der Waals surface area contributed by atoms with Crippen LogP contribution in [-0.2, 0) is 9.52 Å². The van der Waals surface area contributed by atoms with E-state index in [1.807, 2.05) is 0 Å². The normalized spacial score (nSPS) is 17.2. The molecule has 0 radical (unpaired) electrons. The molecule has 1 unspecified atom stereocenters. The number of nitrogens with zero attached hydrogens (tertiary/aromatic N) is 2. The molecule has 0 saturated heterocycles. The number of aliphatic hydroxyl groups is 2. The smallest absolute Gasteiger partial charge is 0.393 e. The zero-order valence-electron chi connectivity index (χ0n) is 17.2. The third-order valence-corrected chi connectivity index (χ3v) is 7.15. The number of pyridine rings is 1. The molecule has 33 heavy (non-hydrogen) atoms. The Bertz CT molecular complexity index is 1170. The fourth-order valence-corrected chi connectivity index (χ4v) is 4.28. The first kappa shape index (κ1) is 25.0. The Hall–Kier alpha value is -2.60. The standard InChI is InChI=1S/C21H21ClF3N3O4S/c1-33(32,21(23,24)25)16-4-2-15(3-5-16)27-20(31)28-8-6-13(7-9-28)19-17(22)10-14(11-26-19)18(30)12-29/h2-6,10-11,18,29-30H,1,7-9,12H2,(H,27,31)/t18-,33?/m0/s1. The summed E-state index contributed by atoms with van der Waals surface area (Å²) >= 11 is 6.26.